The third-order valence-electron chi connectivity index (χ3n) is 5.73. The number of alkyl halides is 3. The molecule has 0 N–H and O–H groups in total. The van der Waals surface area contributed by atoms with Crippen LogP contribution in [0.3, 0.4) is 0 Å². The predicted octanol–water partition coefficient (Wildman–Crippen LogP) is 2.80. The van der Waals surface area contributed by atoms with E-state index in [1.165, 1.54) is 13.8 Å². The third kappa shape index (κ3) is 5.69. The average molecular weight is 536 g/mol. The van der Waals surface area contributed by atoms with E-state index in [-0.39, 0.29) is 38.2 Å². The number of hydrogen-bond donors (Lipinski definition) is 0. The van der Waals surface area contributed by atoms with Gasteiger partial charge in [0.05, 0.1) is 26.2 Å². The summed E-state index contributed by atoms with van der Waals surface area (Å²) in [5.41, 5.74) is -3.10. The van der Waals surface area contributed by atoms with Crippen LogP contribution in [-0.4, -0.2) is 57.3 Å². The topological polar surface area (TPSA) is 104 Å². The number of aromatic nitrogens is 3. The zero-order valence-electron chi connectivity index (χ0n) is 19.7. The molecule has 9 nitrogen and oxygen atoms in total. The lowest BCUT2D eigenvalue weighted by atomic mass is 9.77. The second-order valence-corrected chi connectivity index (χ2v) is 8.14. The second-order valence-electron chi connectivity index (χ2n) is 8.14. The maximum Gasteiger partial charge on any atom is 0.451 e. The molecule has 0 aliphatic carbocycles. The van der Waals surface area contributed by atoms with Crippen molar-refractivity contribution in [1.82, 2.24) is 19.7 Å². The van der Waals surface area contributed by atoms with Crippen molar-refractivity contribution in [2.45, 2.75) is 46.0 Å². The molecule has 3 rings (SSSR count). The van der Waals surface area contributed by atoms with E-state index in [4.69, 9.17) is 9.47 Å². The van der Waals surface area contributed by atoms with E-state index >= 15 is 0 Å². The van der Waals surface area contributed by atoms with Crippen LogP contribution in [0.1, 0.15) is 37.5 Å². The van der Waals surface area contributed by atoms with E-state index in [1.54, 1.807) is 0 Å². The van der Waals surface area contributed by atoms with Crippen LogP contribution in [0.15, 0.2) is 12.1 Å². The van der Waals surface area contributed by atoms with E-state index < -0.39 is 77.7 Å². The summed E-state index contributed by atoms with van der Waals surface area (Å²) in [6, 6.07) is 0.674. The fourth-order valence-corrected chi connectivity index (χ4v) is 3.95. The molecule has 1 aliphatic heterocycles. The van der Waals surface area contributed by atoms with Crippen molar-refractivity contribution in [2.75, 3.05) is 19.8 Å². The Morgan fingerprint density at radius 3 is 2.08 bits per heavy atom. The van der Waals surface area contributed by atoms with Gasteiger partial charge < -0.3 is 18.9 Å². The van der Waals surface area contributed by atoms with Gasteiger partial charge in [-0.2, -0.15) is 13.2 Å². The van der Waals surface area contributed by atoms with Gasteiger partial charge in [0.1, 0.15) is 5.82 Å². The van der Waals surface area contributed by atoms with Gasteiger partial charge in [-0.05, 0) is 25.5 Å². The Hall–Kier alpha value is -3.65. The maximum absolute atomic E-state index is 14.5. The number of halogens is 6. The highest BCUT2D eigenvalue weighted by molar-refractivity contribution is 6.04. The Morgan fingerprint density at radius 2 is 1.51 bits per heavy atom. The number of hydrogen-bond acceptors (Lipinski definition) is 7. The van der Waals surface area contributed by atoms with Gasteiger partial charge in [-0.1, -0.05) is 0 Å². The summed E-state index contributed by atoms with van der Waals surface area (Å²) in [5, 5.41) is 6.59. The minimum atomic E-state index is -4.77. The number of rotatable bonds is 8. The Labute approximate surface area is 206 Å². The summed E-state index contributed by atoms with van der Waals surface area (Å²) in [5.74, 6) is -9.11. The van der Waals surface area contributed by atoms with Crippen LogP contribution in [0.4, 0.5) is 26.3 Å². The van der Waals surface area contributed by atoms with E-state index in [9.17, 15) is 40.7 Å². The number of carbonyl (C=O) groups excluding carboxylic acids is 3. The molecule has 0 radical (unpaired) electrons. The average Bonchev–Trinajstić information content (AvgIpc) is 3.26. The minimum absolute atomic E-state index is 0.184. The maximum atomic E-state index is 14.5. The van der Waals surface area contributed by atoms with Crippen molar-refractivity contribution in [1.29, 1.82) is 0 Å². The molecule has 1 aliphatic rings. The van der Waals surface area contributed by atoms with E-state index in [2.05, 4.69) is 10.2 Å². The zero-order valence-corrected chi connectivity index (χ0v) is 19.7. The Bertz CT molecular complexity index is 1180. The number of ether oxygens (including phenoxy) is 2. The largest absolute Gasteiger partial charge is 0.465 e. The lowest BCUT2D eigenvalue weighted by Crippen LogP contribution is -2.49. The molecule has 1 amide bonds. The standard InChI is InChI=1S/C22H22F6N4O5/c1-3-36-19(34)21(20(35)37-4-2,9-12-7-14(24)15(25)8-13(12)23)10-17(33)31-5-6-32-16(11-31)29-30-18(32)22(26,27)28/h7-8H,3-6,9-11H2,1-2H3. The fourth-order valence-electron chi connectivity index (χ4n) is 3.95. The molecule has 0 bridgehead atoms. The third-order valence-corrected chi connectivity index (χ3v) is 5.73. The molecular weight excluding hydrogens is 514 g/mol. The molecule has 2 aromatic rings. The second kappa shape index (κ2) is 10.8. The predicted molar refractivity (Wildman–Crippen MR) is 111 cm³/mol. The summed E-state index contributed by atoms with van der Waals surface area (Å²) >= 11 is 0. The first-order valence-electron chi connectivity index (χ1n) is 11.1. The Balaban J connectivity index is 1.98. The summed E-state index contributed by atoms with van der Waals surface area (Å²) < 4.78 is 91.9. The normalized spacial score (nSPS) is 13.8. The molecule has 202 valence electrons. The molecule has 1 aromatic carbocycles. The van der Waals surface area contributed by atoms with Gasteiger partial charge in [0.25, 0.3) is 0 Å². The van der Waals surface area contributed by atoms with Gasteiger partial charge in [-0.25, -0.2) is 13.2 Å². The van der Waals surface area contributed by atoms with Crippen molar-refractivity contribution in [3.63, 3.8) is 0 Å². The molecule has 15 heteroatoms. The number of amides is 1. The highest BCUT2D eigenvalue weighted by Gasteiger charge is 2.52. The molecule has 0 atom stereocenters. The van der Waals surface area contributed by atoms with E-state index in [0.717, 1.165) is 9.47 Å². The van der Waals surface area contributed by atoms with Gasteiger partial charge in [-0.3, -0.25) is 14.4 Å². The molecule has 0 unspecified atom stereocenters. The lowest BCUT2D eigenvalue weighted by Gasteiger charge is -2.33. The summed E-state index contributed by atoms with van der Waals surface area (Å²) in [6.07, 6.45) is -6.64. The quantitative estimate of drug-likeness (QED) is 0.221. The van der Waals surface area contributed by atoms with Gasteiger partial charge >= 0.3 is 18.1 Å². The van der Waals surface area contributed by atoms with Crippen molar-refractivity contribution >= 4 is 17.8 Å². The molecule has 1 aromatic heterocycles. The van der Waals surface area contributed by atoms with Gasteiger partial charge in [-0.15, -0.1) is 10.2 Å². The van der Waals surface area contributed by atoms with E-state index in [1.807, 2.05) is 0 Å². The number of nitrogens with zero attached hydrogens (tertiary/aromatic N) is 4. The molecule has 37 heavy (non-hydrogen) atoms. The molecule has 0 spiro atoms. The number of esters is 2. The van der Waals surface area contributed by atoms with Gasteiger partial charge in [0.2, 0.25) is 11.7 Å². The van der Waals surface area contributed by atoms with Crippen molar-refractivity contribution in [3.8, 4) is 0 Å². The van der Waals surface area contributed by atoms with Crippen LogP contribution < -0.4 is 0 Å². The van der Waals surface area contributed by atoms with Gasteiger partial charge in [0.15, 0.2) is 22.9 Å². The van der Waals surface area contributed by atoms with Crippen LogP contribution in [0, 0.1) is 22.9 Å². The number of fused-ring (bicyclic) bond motifs is 1. The molecule has 0 saturated carbocycles. The number of benzene rings is 1. The smallest absolute Gasteiger partial charge is 0.451 e. The van der Waals surface area contributed by atoms with Crippen molar-refractivity contribution in [3.05, 3.63) is 46.8 Å². The summed E-state index contributed by atoms with van der Waals surface area (Å²) in [6.45, 7) is 1.31. The van der Waals surface area contributed by atoms with Crippen LogP contribution >= 0.6 is 0 Å². The molecule has 0 saturated heterocycles. The highest BCUT2D eigenvalue weighted by Crippen LogP contribution is 2.35. The van der Waals surface area contributed by atoms with Crippen LogP contribution in [0.25, 0.3) is 0 Å². The van der Waals surface area contributed by atoms with Crippen LogP contribution in [-0.2, 0) is 49.5 Å². The molecular formula is C22H22F6N4O5. The van der Waals surface area contributed by atoms with Crippen LogP contribution in [0.2, 0.25) is 0 Å². The SMILES string of the molecule is CCOC(=O)C(CC(=O)N1CCn2c(nnc2C(F)(F)F)C1)(Cc1cc(F)c(F)cc1F)C(=O)OCC. The van der Waals surface area contributed by atoms with Crippen LogP contribution in [0.5, 0.6) is 0 Å². The molecule has 0 fully saturated rings. The molecule has 2 heterocycles. The Kier molecular flexibility index (Phi) is 8.12. The van der Waals surface area contributed by atoms with Crippen molar-refractivity contribution in [2.24, 2.45) is 5.41 Å². The zero-order chi connectivity index (χ0) is 27.5. The minimum Gasteiger partial charge on any atom is -0.465 e. The Morgan fingerprint density at radius 1 is 0.919 bits per heavy atom. The highest BCUT2D eigenvalue weighted by atomic mass is 19.4. The lowest BCUT2D eigenvalue weighted by molar-refractivity contribution is -0.175. The summed E-state index contributed by atoms with van der Waals surface area (Å²) in [4.78, 5) is 40.4. The van der Waals surface area contributed by atoms with E-state index in [0.29, 0.717) is 6.07 Å². The first-order chi connectivity index (χ1) is 17.3. The van der Waals surface area contributed by atoms with Crippen molar-refractivity contribution < 1.29 is 50.2 Å². The first kappa shape index (κ1) is 27.9. The fraction of sp³-hybridized carbons (Fsp3) is 0.500. The monoisotopic (exact) mass is 536 g/mol. The summed E-state index contributed by atoms with van der Waals surface area (Å²) in [7, 11) is 0. The first-order valence-corrected chi connectivity index (χ1v) is 11.1. The van der Waals surface area contributed by atoms with Gasteiger partial charge in [0, 0.05) is 25.6 Å². The number of carbonyl (C=O) groups is 3.